The van der Waals surface area contributed by atoms with E-state index in [2.05, 4.69) is 17.0 Å². The molecule has 1 amide bonds. The summed E-state index contributed by atoms with van der Waals surface area (Å²) < 4.78 is 1.69. The molecule has 2 heterocycles. The van der Waals surface area contributed by atoms with Gasteiger partial charge in [0.2, 0.25) is 5.82 Å². The second-order valence-electron chi connectivity index (χ2n) is 5.93. The fourth-order valence-corrected chi connectivity index (χ4v) is 3.25. The van der Waals surface area contributed by atoms with Gasteiger partial charge in [-0.2, -0.15) is 0 Å². The molecule has 1 aliphatic rings. The first-order chi connectivity index (χ1) is 11.1. The van der Waals surface area contributed by atoms with E-state index in [9.17, 15) is 4.79 Å². The average molecular weight is 333 g/mol. The van der Waals surface area contributed by atoms with E-state index < -0.39 is 0 Å². The van der Waals surface area contributed by atoms with Gasteiger partial charge in [-0.15, -0.1) is 5.10 Å². The first kappa shape index (κ1) is 16.0. The number of hydrogen-bond donors (Lipinski definition) is 0. The standard InChI is InChI=1S/C17H21ClN4O/c1-3-14-6-4-5-11-21(14)17(23)16-19-12(2)22(20-16)15-9-7-13(18)8-10-15/h7-10,14H,3-6,11H2,1-2H3. The van der Waals surface area contributed by atoms with E-state index in [1.165, 1.54) is 6.42 Å². The van der Waals surface area contributed by atoms with Gasteiger partial charge in [0.1, 0.15) is 5.82 Å². The van der Waals surface area contributed by atoms with Crippen molar-refractivity contribution in [3.05, 3.63) is 40.9 Å². The Balaban J connectivity index is 1.87. The lowest BCUT2D eigenvalue weighted by molar-refractivity contribution is 0.0595. The lowest BCUT2D eigenvalue weighted by Gasteiger charge is -2.34. The summed E-state index contributed by atoms with van der Waals surface area (Å²) in [5.74, 6) is 0.908. The Labute approximate surface area is 141 Å². The largest absolute Gasteiger partial charge is 0.333 e. The zero-order valence-electron chi connectivity index (χ0n) is 13.5. The van der Waals surface area contributed by atoms with E-state index >= 15 is 0 Å². The molecule has 1 aromatic carbocycles. The van der Waals surface area contributed by atoms with Gasteiger partial charge < -0.3 is 4.90 Å². The van der Waals surface area contributed by atoms with Gasteiger partial charge in [-0.05, 0) is 56.9 Å². The highest BCUT2D eigenvalue weighted by Crippen LogP contribution is 2.21. The van der Waals surface area contributed by atoms with Crippen LogP contribution < -0.4 is 0 Å². The van der Waals surface area contributed by atoms with Gasteiger partial charge in [0.15, 0.2) is 0 Å². The number of likely N-dealkylation sites (tertiary alicyclic amines) is 1. The molecule has 0 bridgehead atoms. The number of nitrogens with zero attached hydrogens (tertiary/aromatic N) is 4. The molecule has 3 rings (SSSR count). The van der Waals surface area contributed by atoms with Crippen LogP contribution in [0.5, 0.6) is 0 Å². The van der Waals surface area contributed by atoms with Crippen molar-refractivity contribution in [2.75, 3.05) is 6.54 Å². The number of piperidine rings is 1. The number of aryl methyl sites for hydroxylation is 1. The Kier molecular flexibility index (Phi) is 4.66. The van der Waals surface area contributed by atoms with E-state index in [0.717, 1.165) is 31.5 Å². The normalized spacial score (nSPS) is 18.2. The zero-order valence-corrected chi connectivity index (χ0v) is 14.3. The topological polar surface area (TPSA) is 51.0 Å². The lowest BCUT2D eigenvalue weighted by Crippen LogP contribution is -2.43. The summed E-state index contributed by atoms with van der Waals surface area (Å²) in [4.78, 5) is 19.1. The third kappa shape index (κ3) is 3.24. The number of carbonyl (C=O) groups excluding carboxylic acids is 1. The smallest absolute Gasteiger partial charge is 0.293 e. The molecule has 0 spiro atoms. The van der Waals surface area contributed by atoms with Crippen molar-refractivity contribution >= 4 is 17.5 Å². The summed E-state index contributed by atoms with van der Waals surface area (Å²) in [6, 6.07) is 7.65. The van der Waals surface area contributed by atoms with Crippen LogP contribution in [-0.2, 0) is 0 Å². The van der Waals surface area contributed by atoms with Crippen molar-refractivity contribution in [3.8, 4) is 5.69 Å². The third-order valence-electron chi connectivity index (χ3n) is 4.39. The SMILES string of the molecule is CCC1CCCCN1C(=O)c1nc(C)n(-c2ccc(Cl)cc2)n1. The Morgan fingerprint density at radius 2 is 2.04 bits per heavy atom. The van der Waals surface area contributed by atoms with Crippen molar-refractivity contribution < 1.29 is 4.79 Å². The summed E-state index contributed by atoms with van der Waals surface area (Å²) in [6.45, 7) is 4.78. The molecule has 1 saturated heterocycles. The fourth-order valence-electron chi connectivity index (χ4n) is 3.13. The number of benzene rings is 1. The maximum Gasteiger partial charge on any atom is 0.293 e. The second-order valence-corrected chi connectivity index (χ2v) is 6.36. The maximum atomic E-state index is 12.8. The molecule has 1 fully saturated rings. The van der Waals surface area contributed by atoms with Crippen molar-refractivity contribution in [2.45, 2.75) is 45.6 Å². The molecule has 23 heavy (non-hydrogen) atoms. The predicted octanol–water partition coefficient (Wildman–Crippen LogP) is 3.63. The number of hydrogen-bond acceptors (Lipinski definition) is 3. The van der Waals surface area contributed by atoms with Crippen molar-refractivity contribution in [2.24, 2.45) is 0 Å². The molecule has 0 N–H and O–H groups in total. The molecule has 0 saturated carbocycles. The van der Waals surface area contributed by atoms with Gasteiger partial charge in [-0.1, -0.05) is 18.5 Å². The monoisotopic (exact) mass is 332 g/mol. The van der Waals surface area contributed by atoms with E-state index in [-0.39, 0.29) is 11.7 Å². The molecule has 6 heteroatoms. The van der Waals surface area contributed by atoms with Crippen LogP contribution >= 0.6 is 11.6 Å². The first-order valence-corrected chi connectivity index (χ1v) is 8.48. The highest BCUT2D eigenvalue weighted by Gasteiger charge is 2.29. The lowest BCUT2D eigenvalue weighted by atomic mass is 10.00. The summed E-state index contributed by atoms with van der Waals surface area (Å²) in [7, 11) is 0. The first-order valence-electron chi connectivity index (χ1n) is 8.10. The summed E-state index contributed by atoms with van der Waals surface area (Å²) in [6.07, 6.45) is 4.29. The maximum absolute atomic E-state index is 12.8. The summed E-state index contributed by atoms with van der Waals surface area (Å²) in [5.41, 5.74) is 0.851. The quantitative estimate of drug-likeness (QED) is 0.862. The molecular formula is C17H21ClN4O. The zero-order chi connectivity index (χ0) is 16.4. The number of aromatic nitrogens is 3. The Morgan fingerprint density at radius 3 is 2.74 bits per heavy atom. The molecule has 0 aliphatic carbocycles. The van der Waals surface area contributed by atoms with Crippen LogP contribution in [0.2, 0.25) is 5.02 Å². The molecule has 1 atom stereocenters. The minimum atomic E-state index is -0.0626. The van der Waals surface area contributed by atoms with E-state index in [1.807, 2.05) is 24.0 Å². The van der Waals surface area contributed by atoms with Gasteiger partial charge in [0.05, 0.1) is 5.69 Å². The van der Waals surface area contributed by atoms with Crippen LogP contribution in [0.1, 0.15) is 49.1 Å². The van der Waals surface area contributed by atoms with Crippen molar-refractivity contribution in [3.63, 3.8) is 0 Å². The third-order valence-corrected chi connectivity index (χ3v) is 4.64. The highest BCUT2D eigenvalue weighted by atomic mass is 35.5. The average Bonchev–Trinajstić information content (AvgIpc) is 2.96. The van der Waals surface area contributed by atoms with E-state index in [0.29, 0.717) is 16.9 Å². The van der Waals surface area contributed by atoms with Crippen molar-refractivity contribution in [1.82, 2.24) is 19.7 Å². The molecule has 0 radical (unpaired) electrons. The number of amides is 1. The van der Waals surface area contributed by atoms with Gasteiger partial charge in [-0.3, -0.25) is 4.79 Å². The van der Waals surface area contributed by atoms with Gasteiger partial charge >= 0.3 is 0 Å². The van der Waals surface area contributed by atoms with E-state index in [1.54, 1.807) is 16.8 Å². The fraction of sp³-hybridized carbons (Fsp3) is 0.471. The molecule has 5 nitrogen and oxygen atoms in total. The molecule has 2 aromatic rings. The van der Waals surface area contributed by atoms with Crippen LogP contribution in [-0.4, -0.2) is 38.2 Å². The molecule has 1 aromatic heterocycles. The van der Waals surface area contributed by atoms with Crippen LogP contribution in [0.4, 0.5) is 0 Å². The Morgan fingerprint density at radius 1 is 1.30 bits per heavy atom. The van der Waals surface area contributed by atoms with Gasteiger partial charge in [-0.25, -0.2) is 9.67 Å². The van der Waals surface area contributed by atoms with Gasteiger partial charge in [0.25, 0.3) is 5.91 Å². The second kappa shape index (κ2) is 6.71. The number of rotatable bonds is 3. The predicted molar refractivity (Wildman–Crippen MR) is 90.1 cm³/mol. The van der Waals surface area contributed by atoms with Crippen LogP contribution in [0.15, 0.2) is 24.3 Å². The molecular weight excluding hydrogens is 312 g/mol. The number of halogens is 1. The minimum absolute atomic E-state index is 0.0626. The van der Waals surface area contributed by atoms with Crippen LogP contribution in [0.25, 0.3) is 5.69 Å². The van der Waals surface area contributed by atoms with Crippen LogP contribution in [0, 0.1) is 6.92 Å². The summed E-state index contributed by atoms with van der Waals surface area (Å²) in [5, 5.41) is 5.09. The highest BCUT2D eigenvalue weighted by molar-refractivity contribution is 6.30. The van der Waals surface area contributed by atoms with Crippen molar-refractivity contribution in [1.29, 1.82) is 0 Å². The number of carbonyl (C=O) groups is 1. The minimum Gasteiger partial charge on any atom is -0.333 e. The van der Waals surface area contributed by atoms with Crippen LogP contribution in [0.3, 0.4) is 0 Å². The Hall–Kier alpha value is -1.88. The molecule has 122 valence electrons. The molecule has 1 unspecified atom stereocenters. The molecule has 1 aliphatic heterocycles. The Bertz CT molecular complexity index is 695. The van der Waals surface area contributed by atoms with E-state index in [4.69, 9.17) is 11.6 Å². The van der Waals surface area contributed by atoms with Gasteiger partial charge in [0, 0.05) is 17.6 Å². The summed E-state index contributed by atoms with van der Waals surface area (Å²) >= 11 is 5.92.